The van der Waals surface area contributed by atoms with Gasteiger partial charge in [-0.05, 0) is 46.6 Å². The molecule has 0 spiro atoms. The van der Waals surface area contributed by atoms with Crippen LogP contribution in [-0.2, 0) is 9.84 Å². The number of phenols is 1. The van der Waals surface area contributed by atoms with Crippen LogP contribution in [-0.4, -0.2) is 30.3 Å². The van der Waals surface area contributed by atoms with E-state index in [2.05, 4.69) is 15.5 Å². The van der Waals surface area contributed by atoms with Crippen molar-refractivity contribution in [1.82, 2.24) is 5.32 Å². The summed E-state index contributed by atoms with van der Waals surface area (Å²) in [5, 5.41) is 15.7. The highest BCUT2D eigenvalue weighted by molar-refractivity contribution is 7.93. The predicted octanol–water partition coefficient (Wildman–Crippen LogP) is 3.75. The molecule has 0 aliphatic heterocycles. The lowest BCUT2D eigenvalue weighted by Gasteiger charge is -2.22. The number of amides is 2. The first-order valence-corrected chi connectivity index (χ1v) is 9.69. The van der Waals surface area contributed by atoms with Gasteiger partial charge in [0.05, 0.1) is 23.0 Å². The molecule has 7 nitrogen and oxygen atoms in total. The standard InChI is InChI=1S/C18H23N3O4S/c1-11-7-6-8-12(11)20-17(23)21-13-9-10-14(19-5)16(15(13)22)26(24,25)18(2,3)4/h7,9-10,12,22H,6,8H2,1-4H3,(H2,20,21,23)/t12-/m1/s1. The first kappa shape index (κ1) is 19.8. The van der Waals surface area contributed by atoms with Gasteiger partial charge in [0, 0.05) is 0 Å². The Morgan fingerprint density at radius 3 is 2.50 bits per heavy atom. The van der Waals surface area contributed by atoms with Crippen molar-refractivity contribution >= 4 is 27.2 Å². The van der Waals surface area contributed by atoms with E-state index in [4.69, 9.17) is 6.57 Å². The molecule has 0 aromatic heterocycles. The van der Waals surface area contributed by atoms with Gasteiger partial charge in [0.1, 0.15) is 10.6 Å². The highest BCUT2D eigenvalue weighted by Crippen LogP contribution is 2.42. The zero-order valence-electron chi connectivity index (χ0n) is 15.3. The molecule has 140 valence electrons. The summed E-state index contributed by atoms with van der Waals surface area (Å²) < 4.78 is 24.3. The van der Waals surface area contributed by atoms with E-state index in [1.165, 1.54) is 32.9 Å². The van der Waals surface area contributed by atoms with Crippen LogP contribution in [0.5, 0.6) is 5.75 Å². The Labute approximate surface area is 153 Å². The Morgan fingerprint density at radius 1 is 1.35 bits per heavy atom. The average Bonchev–Trinajstić information content (AvgIpc) is 2.92. The van der Waals surface area contributed by atoms with Crippen LogP contribution in [0.3, 0.4) is 0 Å². The molecule has 0 fully saturated rings. The van der Waals surface area contributed by atoms with Crippen molar-refractivity contribution in [2.45, 2.75) is 56.2 Å². The second kappa shape index (κ2) is 7.00. The molecule has 2 amide bonds. The van der Waals surface area contributed by atoms with Crippen molar-refractivity contribution in [2.75, 3.05) is 5.32 Å². The zero-order valence-corrected chi connectivity index (χ0v) is 16.1. The van der Waals surface area contributed by atoms with Crippen LogP contribution in [0.15, 0.2) is 28.7 Å². The molecule has 1 atom stereocenters. The molecule has 1 aromatic carbocycles. The number of carbonyl (C=O) groups is 1. The monoisotopic (exact) mass is 377 g/mol. The topological polar surface area (TPSA) is 99.9 Å². The van der Waals surface area contributed by atoms with Crippen LogP contribution < -0.4 is 10.6 Å². The van der Waals surface area contributed by atoms with Crippen LogP contribution in [0.4, 0.5) is 16.2 Å². The minimum Gasteiger partial charge on any atom is -0.506 e. The number of hydrogen-bond donors (Lipinski definition) is 3. The summed E-state index contributed by atoms with van der Waals surface area (Å²) in [5.41, 5.74) is 0.819. The van der Waals surface area contributed by atoms with E-state index in [-0.39, 0.29) is 17.4 Å². The SMILES string of the molecule is [C-]#[N+]c1ccc(NC(=O)N[C@@H]2CCC=C2C)c(O)c1S(=O)(=O)C(C)(C)C. The molecule has 3 N–H and O–H groups in total. The van der Waals surface area contributed by atoms with E-state index in [1.807, 2.05) is 13.0 Å². The molecule has 0 heterocycles. The molecule has 1 aliphatic rings. The third-order valence-corrected chi connectivity index (χ3v) is 6.88. The van der Waals surface area contributed by atoms with E-state index in [1.54, 1.807) is 0 Å². The summed E-state index contributed by atoms with van der Waals surface area (Å²) in [4.78, 5) is 14.9. The van der Waals surface area contributed by atoms with Crippen LogP contribution in [0.2, 0.25) is 0 Å². The summed E-state index contributed by atoms with van der Waals surface area (Å²) in [5.74, 6) is -0.623. The summed E-state index contributed by atoms with van der Waals surface area (Å²) in [6.45, 7) is 13.6. The summed E-state index contributed by atoms with van der Waals surface area (Å²) in [6, 6.07) is 1.97. The van der Waals surface area contributed by atoms with Gasteiger partial charge in [0.15, 0.2) is 9.84 Å². The number of nitrogens with one attached hydrogen (secondary N) is 2. The maximum atomic E-state index is 12.8. The molecule has 1 aliphatic carbocycles. The summed E-state index contributed by atoms with van der Waals surface area (Å²) >= 11 is 0. The number of anilines is 1. The molecular weight excluding hydrogens is 354 g/mol. The van der Waals surface area contributed by atoms with E-state index in [0.717, 1.165) is 18.4 Å². The van der Waals surface area contributed by atoms with Gasteiger partial charge < -0.3 is 15.7 Å². The van der Waals surface area contributed by atoms with Crippen LogP contribution >= 0.6 is 0 Å². The smallest absolute Gasteiger partial charge is 0.319 e. The van der Waals surface area contributed by atoms with E-state index < -0.39 is 31.3 Å². The fraction of sp³-hybridized carbons (Fsp3) is 0.444. The van der Waals surface area contributed by atoms with Gasteiger partial charge in [-0.3, -0.25) is 0 Å². The first-order chi connectivity index (χ1) is 12.0. The predicted molar refractivity (Wildman–Crippen MR) is 100 cm³/mol. The molecule has 0 saturated heterocycles. The molecule has 0 unspecified atom stereocenters. The molecule has 26 heavy (non-hydrogen) atoms. The number of rotatable bonds is 3. The van der Waals surface area contributed by atoms with Crippen molar-refractivity contribution in [3.05, 3.63) is 35.2 Å². The number of allylic oxidation sites excluding steroid dienone is 1. The van der Waals surface area contributed by atoms with E-state index in [9.17, 15) is 18.3 Å². The Kier molecular flexibility index (Phi) is 5.33. The molecular formula is C18H23N3O4S. The number of benzene rings is 1. The molecule has 1 aromatic rings. The normalized spacial score (nSPS) is 17.3. The Bertz CT molecular complexity index is 906. The lowest BCUT2D eigenvalue weighted by atomic mass is 10.2. The number of phenolic OH excluding ortho intramolecular Hbond substituents is 1. The van der Waals surface area contributed by atoms with Crippen molar-refractivity contribution in [2.24, 2.45) is 0 Å². The number of urea groups is 1. The Hall–Kier alpha value is -2.53. The maximum Gasteiger partial charge on any atom is 0.319 e. The Morgan fingerprint density at radius 2 is 2.00 bits per heavy atom. The molecule has 8 heteroatoms. The quantitative estimate of drug-likeness (QED) is 0.424. The van der Waals surface area contributed by atoms with Gasteiger partial charge in [-0.15, -0.1) is 0 Å². The van der Waals surface area contributed by atoms with Gasteiger partial charge in [0.25, 0.3) is 0 Å². The van der Waals surface area contributed by atoms with E-state index in [0.29, 0.717) is 0 Å². The van der Waals surface area contributed by atoms with Gasteiger partial charge in [-0.25, -0.2) is 18.1 Å². The maximum absolute atomic E-state index is 12.8. The number of sulfone groups is 1. The van der Waals surface area contributed by atoms with Crippen LogP contribution in [0.1, 0.15) is 40.5 Å². The third-order valence-electron chi connectivity index (χ3n) is 4.33. The number of nitrogens with zero attached hydrogens (tertiary/aromatic N) is 1. The highest BCUT2D eigenvalue weighted by Gasteiger charge is 2.36. The zero-order chi connectivity index (χ0) is 19.7. The molecule has 0 bridgehead atoms. The highest BCUT2D eigenvalue weighted by atomic mass is 32.2. The summed E-state index contributed by atoms with van der Waals surface area (Å²) in [7, 11) is -3.98. The Balaban J connectivity index is 2.37. The number of hydrogen-bond acceptors (Lipinski definition) is 4. The second-order valence-corrected chi connectivity index (χ2v) is 9.85. The van der Waals surface area contributed by atoms with Crippen LogP contribution in [0, 0.1) is 6.57 Å². The average molecular weight is 377 g/mol. The minimum atomic E-state index is -3.98. The van der Waals surface area contributed by atoms with Crippen LogP contribution in [0.25, 0.3) is 4.85 Å². The summed E-state index contributed by atoms with van der Waals surface area (Å²) in [6.07, 6.45) is 3.72. The van der Waals surface area contributed by atoms with Crippen molar-refractivity contribution in [1.29, 1.82) is 0 Å². The number of carbonyl (C=O) groups excluding carboxylic acids is 1. The molecule has 0 radical (unpaired) electrons. The van der Waals surface area contributed by atoms with E-state index >= 15 is 0 Å². The fourth-order valence-electron chi connectivity index (χ4n) is 2.67. The van der Waals surface area contributed by atoms with Gasteiger partial charge in [0.2, 0.25) is 5.69 Å². The lowest BCUT2D eigenvalue weighted by Crippen LogP contribution is -2.37. The molecule has 0 saturated carbocycles. The second-order valence-electron chi connectivity index (χ2n) is 7.21. The lowest BCUT2D eigenvalue weighted by molar-refractivity contribution is 0.249. The molecule has 2 rings (SSSR count). The fourth-order valence-corrected chi connectivity index (χ4v) is 4.04. The van der Waals surface area contributed by atoms with Gasteiger partial charge in [-0.2, -0.15) is 0 Å². The van der Waals surface area contributed by atoms with Crippen molar-refractivity contribution in [3.8, 4) is 5.75 Å². The van der Waals surface area contributed by atoms with Gasteiger partial charge in [-0.1, -0.05) is 17.7 Å². The van der Waals surface area contributed by atoms with Crippen molar-refractivity contribution in [3.63, 3.8) is 0 Å². The van der Waals surface area contributed by atoms with Crippen molar-refractivity contribution < 1.29 is 18.3 Å². The van der Waals surface area contributed by atoms with Gasteiger partial charge >= 0.3 is 6.03 Å². The largest absolute Gasteiger partial charge is 0.506 e. The number of aromatic hydroxyl groups is 1. The third kappa shape index (κ3) is 3.68. The first-order valence-electron chi connectivity index (χ1n) is 8.21. The minimum absolute atomic E-state index is 0.0580.